The third kappa shape index (κ3) is 2.88. The summed E-state index contributed by atoms with van der Waals surface area (Å²) in [6.07, 6.45) is 0. The van der Waals surface area contributed by atoms with Crippen molar-refractivity contribution in [2.24, 2.45) is 7.05 Å². The van der Waals surface area contributed by atoms with Crippen LogP contribution in [0.1, 0.15) is 21.6 Å². The van der Waals surface area contributed by atoms with E-state index in [0.29, 0.717) is 0 Å². The van der Waals surface area contributed by atoms with E-state index in [1.165, 1.54) is 14.0 Å². The second-order valence-corrected chi connectivity index (χ2v) is 4.86. The Morgan fingerprint density at radius 3 is 2.00 bits per heavy atom. The number of ether oxygens (including phenoxy) is 1. The number of hydrogen-bond donors (Lipinski definition) is 0. The molecule has 0 aliphatic rings. The summed E-state index contributed by atoms with van der Waals surface area (Å²) < 4.78 is 71.7. The van der Waals surface area contributed by atoms with Gasteiger partial charge in [0, 0.05) is 7.05 Å². The van der Waals surface area contributed by atoms with E-state index >= 15 is 0 Å². The molecule has 0 aliphatic carbocycles. The summed E-state index contributed by atoms with van der Waals surface area (Å²) in [6.45, 7) is 0.274. The van der Waals surface area contributed by atoms with Crippen molar-refractivity contribution in [1.82, 2.24) is 9.78 Å². The molecule has 0 saturated heterocycles. The average molecular weight is 355 g/mol. The Morgan fingerprint density at radius 2 is 1.57 bits per heavy atom. The van der Waals surface area contributed by atoms with E-state index in [0.717, 1.165) is 4.68 Å². The molecule has 124 valence electrons. The third-order valence-corrected chi connectivity index (χ3v) is 3.44. The van der Waals surface area contributed by atoms with Crippen molar-refractivity contribution in [2.45, 2.75) is 13.5 Å². The Morgan fingerprint density at radius 1 is 1.09 bits per heavy atom. The Hall–Kier alpha value is -2.16. The highest BCUT2D eigenvalue weighted by molar-refractivity contribution is 6.32. The molecule has 2 aromatic rings. The highest BCUT2D eigenvalue weighted by Gasteiger charge is 2.27. The van der Waals surface area contributed by atoms with E-state index < -0.39 is 47.2 Å². The molecule has 1 heterocycles. The van der Waals surface area contributed by atoms with Crippen molar-refractivity contribution in [3.8, 4) is 0 Å². The molecular formula is C13H8ClF5N2O2. The molecule has 4 nitrogen and oxygen atoms in total. The number of carbonyl (C=O) groups excluding carboxylic acids is 1. The fourth-order valence-electron chi connectivity index (χ4n) is 1.85. The molecule has 0 unspecified atom stereocenters. The van der Waals surface area contributed by atoms with Crippen LogP contribution >= 0.6 is 11.6 Å². The molecule has 23 heavy (non-hydrogen) atoms. The van der Waals surface area contributed by atoms with Crippen LogP contribution in [0.4, 0.5) is 22.0 Å². The number of carbonyl (C=O) groups is 1. The first-order chi connectivity index (χ1) is 10.7. The zero-order valence-corrected chi connectivity index (χ0v) is 12.4. The number of halogens is 6. The monoisotopic (exact) mass is 354 g/mol. The molecule has 1 aromatic heterocycles. The first-order valence-electron chi connectivity index (χ1n) is 6.03. The van der Waals surface area contributed by atoms with Crippen LogP contribution in [0.5, 0.6) is 0 Å². The van der Waals surface area contributed by atoms with E-state index in [2.05, 4.69) is 9.84 Å². The fourth-order valence-corrected chi connectivity index (χ4v) is 2.10. The van der Waals surface area contributed by atoms with Crippen LogP contribution in [0.15, 0.2) is 0 Å². The summed E-state index contributed by atoms with van der Waals surface area (Å²) in [4.78, 5) is 11.9. The molecule has 0 spiro atoms. The van der Waals surface area contributed by atoms with E-state index in [-0.39, 0.29) is 16.4 Å². The molecule has 0 fully saturated rings. The second-order valence-electron chi connectivity index (χ2n) is 4.50. The van der Waals surface area contributed by atoms with Crippen LogP contribution in [0.3, 0.4) is 0 Å². The lowest BCUT2D eigenvalue weighted by atomic mass is 10.2. The molecule has 0 saturated carbocycles. The van der Waals surface area contributed by atoms with E-state index in [1.807, 2.05) is 0 Å². The number of hydrogen-bond acceptors (Lipinski definition) is 3. The number of aryl methyl sites for hydroxylation is 2. The maximum Gasteiger partial charge on any atom is 0.343 e. The summed E-state index contributed by atoms with van der Waals surface area (Å²) in [5, 5.41) is 3.74. The van der Waals surface area contributed by atoms with Gasteiger partial charge in [0.15, 0.2) is 23.3 Å². The van der Waals surface area contributed by atoms with Crippen LogP contribution in [0.25, 0.3) is 0 Å². The van der Waals surface area contributed by atoms with Gasteiger partial charge in [-0.25, -0.2) is 26.7 Å². The lowest BCUT2D eigenvalue weighted by Gasteiger charge is -2.09. The van der Waals surface area contributed by atoms with Crippen molar-refractivity contribution in [3.63, 3.8) is 0 Å². The molecule has 0 amide bonds. The maximum absolute atomic E-state index is 13.5. The predicted molar refractivity (Wildman–Crippen MR) is 68.3 cm³/mol. The smallest absolute Gasteiger partial charge is 0.343 e. The van der Waals surface area contributed by atoms with Gasteiger partial charge in [-0.3, -0.25) is 4.68 Å². The minimum atomic E-state index is -2.29. The number of rotatable bonds is 3. The van der Waals surface area contributed by atoms with Crippen LogP contribution in [0.2, 0.25) is 5.15 Å². The predicted octanol–water partition coefficient (Wildman–Crippen LogP) is 3.43. The fraction of sp³-hybridized carbons (Fsp3) is 0.231. The average Bonchev–Trinajstić information content (AvgIpc) is 2.76. The van der Waals surface area contributed by atoms with Gasteiger partial charge in [0.25, 0.3) is 0 Å². The zero-order valence-electron chi connectivity index (χ0n) is 11.7. The Kier molecular flexibility index (Phi) is 4.60. The maximum atomic E-state index is 13.5. The molecule has 0 aliphatic heterocycles. The minimum Gasteiger partial charge on any atom is -0.457 e. The number of aromatic nitrogens is 2. The molecule has 0 N–H and O–H groups in total. The summed E-state index contributed by atoms with van der Waals surface area (Å²) in [5.74, 6) is -11.8. The van der Waals surface area contributed by atoms with Crippen molar-refractivity contribution in [3.05, 3.63) is 51.1 Å². The van der Waals surface area contributed by atoms with Crippen molar-refractivity contribution >= 4 is 17.6 Å². The van der Waals surface area contributed by atoms with Crippen LogP contribution in [0, 0.1) is 36.0 Å². The second kappa shape index (κ2) is 6.15. The molecule has 2 rings (SSSR count). The third-order valence-electron chi connectivity index (χ3n) is 3.00. The Bertz CT molecular complexity index is 777. The standard InChI is InChI=1S/C13H8ClF5N2O2/c1-4-6(12(14)21(2)20-4)13(22)23-3-5-7(15)9(17)11(19)10(18)8(5)16/h3H2,1-2H3. The topological polar surface area (TPSA) is 44.1 Å². The highest BCUT2D eigenvalue weighted by atomic mass is 35.5. The summed E-state index contributed by atoms with van der Waals surface area (Å²) in [7, 11) is 1.44. The first kappa shape index (κ1) is 17.2. The zero-order chi connectivity index (χ0) is 17.5. The molecular weight excluding hydrogens is 347 g/mol. The number of nitrogens with zero attached hydrogens (tertiary/aromatic N) is 2. The lowest BCUT2D eigenvalue weighted by molar-refractivity contribution is 0.0461. The van der Waals surface area contributed by atoms with Gasteiger partial charge in [-0.2, -0.15) is 5.10 Å². The summed E-state index contributed by atoms with van der Waals surface area (Å²) >= 11 is 5.81. The van der Waals surface area contributed by atoms with Gasteiger partial charge in [0.05, 0.1) is 11.3 Å². The Labute approximate surface area is 131 Å². The van der Waals surface area contributed by atoms with Gasteiger partial charge in [-0.05, 0) is 6.92 Å². The molecule has 0 atom stereocenters. The van der Waals surface area contributed by atoms with Gasteiger partial charge in [0.1, 0.15) is 17.3 Å². The van der Waals surface area contributed by atoms with E-state index in [9.17, 15) is 26.7 Å². The van der Waals surface area contributed by atoms with E-state index in [4.69, 9.17) is 11.6 Å². The minimum absolute atomic E-state index is 0.0927. The van der Waals surface area contributed by atoms with Crippen LogP contribution in [-0.2, 0) is 18.4 Å². The van der Waals surface area contributed by atoms with Crippen molar-refractivity contribution in [2.75, 3.05) is 0 Å². The lowest BCUT2D eigenvalue weighted by Crippen LogP contribution is -2.12. The first-order valence-corrected chi connectivity index (χ1v) is 6.41. The molecule has 10 heteroatoms. The summed E-state index contributed by atoms with van der Waals surface area (Å²) in [6, 6.07) is 0. The van der Waals surface area contributed by atoms with Crippen molar-refractivity contribution in [1.29, 1.82) is 0 Å². The largest absolute Gasteiger partial charge is 0.457 e. The molecule has 0 radical (unpaired) electrons. The number of benzene rings is 1. The van der Waals surface area contributed by atoms with Gasteiger partial charge in [-0.15, -0.1) is 0 Å². The normalized spacial score (nSPS) is 11.0. The van der Waals surface area contributed by atoms with E-state index in [1.54, 1.807) is 0 Å². The van der Waals surface area contributed by atoms with Gasteiger partial charge < -0.3 is 4.74 Å². The number of esters is 1. The van der Waals surface area contributed by atoms with Crippen LogP contribution < -0.4 is 0 Å². The van der Waals surface area contributed by atoms with Gasteiger partial charge in [-0.1, -0.05) is 11.6 Å². The quantitative estimate of drug-likeness (QED) is 0.367. The highest BCUT2D eigenvalue weighted by Crippen LogP contribution is 2.25. The SMILES string of the molecule is Cc1nn(C)c(Cl)c1C(=O)OCc1c(F)c(F)c(F)c(F)c1F. The molecule has 0 bridgehead atoms. The van der Waals surface area contributed by atoms with Gasteiger partial charge in [0.2, 0.25) is 5.82 Å². The van der Waals surface area contributed by atoms with Crippen LogP contribution in [-0.4, -0.2) is 15.7 Å². The molecule has 1 aromatic carbocycles. The van der Waals surface area contributed by atoms with Gasteiger partial charge >= 0.3 is 5.97 Å². The Balaban J connectivity index is 2.30. The summed E-state index contributed by atoms with van der Waals surface area (Å²) in [5.41, 5.74) is -1.25. The van der Waals surface area contributed by atoms with Crippen molar-refractivity contribution < 1.29 is 31.5 Å².